The molecule has 4 heteroatoms. The third-order valence-corrected chi connectivity index (χ3v) is 3.31. The summed E-state index contributed by atoms with van der Waals surface area (Å²) in [5.74, 6) is 2.19. The van der Waals surface area contributed by atoms with Crippen molar-refractivity contribution in [3.05, 3.63) is 42.0 Å². The van der Waals surface area contributed by atoms with Crippen molar-refractivity contribution in [1.29, 1.82) is 0 Å². The lowest BCUT2D eigenvalue weighted by atomic mass is 9.98. The molecule has 0 heterocycles. The van der Waals surface area contributed by atoms with E-state index in [0.29, 0.717) is 24.7 Å². The minimum absolute atomic E-state index is 0.413. The molecule has 0 amide bonds. The molecule has 2 aromatic carbocycles. The Balaban J connectivity index is 2.62. The minimum Gasteiger partial charge on any atom is -0.493 e. The predicted octanol–water partition coefficient (Wildman–Crippen LogP) is 3.23. The number of ether oxygens (including phenoxy) is 3. The van der Waals surface area contributed by atoms with Gasteiger partial charge in [0.1, 0.15) is 5.75 Å². The molecule has 0 aliphatic heterocycles. The van der Waals surface area contributed by atoms with E-state index >= 15 is 0 Å². The fourth-order valence-electron chi connectivity index (χ4n) is 2.31. The number of para-hydroxylation sites is 1. The van der Waals surface area contributed by atoms with Gasteiger partial charge in [-0.25, -0.2) is 0 Å². The summed E-state index contributed by atoms with van der Waals surface area (Å²) in [6.07, 6.45) is 0. The Bertz CT molecular complexity index is 611. The molecule has 2 aromatic rings. The summed E-state index contributed by atoms with van der Waals surface area (Å²) >= 11 is 0. The van der Waals surface area contributed by atoms with Gasteiger partial charge in [-0.2, -0.15) is 0 Å². The van der Waals surface area contributed by atoms with E-state index in [-0.39, 0.29) is 0 Å². The standard InChI is InChI=1S/C17H21NO3/c1-4-21-15-8-6-5-7-13(15)14-10-17(20-3)16(19-2)9-12(14)11-18/h5-10H,4,11,18H2,1-3H3. The van der Waals surface area contributed by atoms with E-state index in [1.165, 1.54) is 0 Å². The summed E-state index contributed by atoms with van der Waals surface area (Å²) < 4.78 is 16.4. The SMILES string of the molecule is CCOc1ccccc1-c1cc(OC)c(OC)cc1CN. The van der Waals surface area contributed by atoms with Crippen LogP contribution in [0.3, 0.4) is 0 Å². The molecule has 0 aromatic heterocycles. The van der Waals surface area contributed by atoms with Gasteiger partial charge in [0, 0.05) is 12.1 Å². The third-order valence-electron chi connectivity index (χ3n) is 3.31. The van der Waals surface area contributed by atoms with Gasteiger partial charge in [-0.3, -0.25) is 0 Å². The fraction of sp³-hybridized carbons (Fsp3) is 0.294. The zero-order valence-corrected chi connectivity index (χ0v) is 12.7. The topological polar surface area (TPSA) is 53.7 Å². The Morgan fingerprint density at radius 1 is 0.905 bits per heavy atom. The molecule has 21 heavy (non-hydrogen) atoms. The van der Waals surface area contributed by atoms with E-state index in [0.717, 1.165) is 22.4 Å². The summed E-state index contributed by atoms with van der Waals surface area (Å²) in [4.78, 5) is 0. The molecule has 0 radical (unpaired) electrons. The molecular weight excluding hydrogens is 266 g/mol. The predicted molar refractivity (Wildman–Crippen MR) is 84.0 cm³/mol. The van der Waals surface area contributed by atoms with Crippen LogP contribution in [-0.4, -0.2) is 20.8 Å². The zero-order valence-electron chi connectivity index (χ0n) is 12.7. The van der Waals surface area contributed by atoms with E-state index < -0.39 is 0 Å². The van der Waals surface area contributed by atoms with E-state index in [4.69, 9.17) is 19.9 Å². The van der Waals surface area contributed by atoms with Gasteiger partial charge in [-0.05, 0) is 36.2 Å². The van der Waals surface area contributed by atoms with Crippen molar-refractivity contribution in [2.75, 3.05) is 20.8 Å². The van der Waals surface area contributed by atoms with Crippen molar-refractivity contribution in [2.45, 2.75) is 13.5 Å². The van der Waals surface area contributed by atoms with Gasteiger partial charge >= 0.3 is 0 Å². The van der Waals surface area contributed by atoms with Crippen LogP contribution in [0.1, 0.15) is 12.5 Å². The first-order chi connectivity index (χ1) is 10.2. The third kappa shape index (κ3) is 3.11. The first kappa shape index (κ1) is 15.2. The van der Waals surface area contributed by atoms with Crippen LogP contribution in [0.2, 0.25) is 0 Å². The highest BCUT2D eigenvalue weighted by atomic mass is 16.5. The quantitative estimate of drug-likeness (QED) is 0.886. The lowest BCUT2D eigenvalue weighted by Crippen LogP contribution is -2.03. The minimum atomic E-state index is 0.413. The average molecular weight is 287 g/mol. The van der Waals surface area contributed by atoms with Gasteiger partial charge in [-0.15, -0.1) is 0 Å². The lowest BCUT2D eigenvalue weighted by molar-refractivity contribution is 0.341. The highest BCUT2D eigenvalue weighted by Crippen LogP contribution is 2.39. The number of rotatable bonds is 6. The van der Waals surface area contributed by atoms with E-state index in [9.17, 15) is 0 Å². The van der Waals surface area contributed by atoms with Crippen molar-refractivity contribution in [1.82, 2.24) is 0 Å². The molecule has 0 spiro atoms. The molecule has 2 rings (SSSR count). The molecule has 0 atom stereocenters. The Kier molecular flexibility index (Phi) is 5.06. The van der Waals surface area contributed by atoms with Crippen molar-refractivity contribution in [3.63, 3.8) is 0 Å². The van der Waals surface area contributed by atoms with Crippen LogP contribution in [0.25, 0.3) is 11.1 Å². The Hall–Kier alpha value is -2.20. The fourth-order valence-corrected chi connectivity index (χ4v) is 2.31. The van der Waals surface area contributed by atoms with Crippen LogP contribution in [0, 0.1) is 0 Å². The van der Waals surface area contributed by atoms with Gasteiger partial charge < -0.3 is 19.9 Å². The Labute approximate surface area is 125 Å². The van der Waals surface area contributed by atoms with E-state index in [1.54, 1.807) is 14.2 Å². The second-order valence-corrected chi connectivity index (χ2v) is 4.50. The molecule has 0 saturated heterocycles. The van der Waals surface area contributed by atoms with E-state index in [1.807, 2.05) is 43.3 Å². The van der Waals surface area contributed by atoms with Crippen molar-refractivity contribution < 1.29 is 14.2 Å². The maximum atomic E-state index is 5.89. The van der Waals surface area contributed by atoms with Crippen LogP contribution in [0.4, 0.5) is 0 Å². The maximum absolute atomic E-state index is 5.89. The highest BCUT2D eigenvalue weighted by Gasteiger charge is 2.14. The number of nitrogens with two attached hydrogens (primary N) is 1. The molecular formula is C17H21NO3. The molecule has 0 aliphatic carbocycles. The summed E-state index contributed by atoms with van der Waals surface area (Å²) in [5, 5.41) is 0. The molecule has 0 fully saturated rings. The maximum Gasteiger partial charge on any atom is 0.161 e. The first-order valence-electron chi connectivity index (χ1n) is 6.92. The second kappa shape index (κ2) is 6.99. The largest absolute Gasteiger partial charge is 0.493 e. The molecule has 0 unspecified atom stereocenters. The molecule has 0 saturated carbocycles. The van der Waals surface area contributed by atoms with Crippen molar-refractivity contribution in [2.24, 2.45) is 5.73 Å². The summed E-state index contributed by atoms with van der Waals surface area (Å²) in [7, 11) is 3.24. The molecule has 4 nitrogen and oxygen atoms in total. The van der Waals surface area contributed by atoms with Gasteiger partial charge in [0.25, 0.3) is 0 Å². The molecule has 112 valence electrons. The summed E-state index contributed by atoms with van der Waals surface area (Å²) in [6, 6.07) is 11.8. The van der Waals surface area contributed by atoms with E-state index in [2.05, 4.69) is 0 Å². The number of hydrogen-bond acceptors (Lipinski definition) is 4. The zero-order chi connectivity index (χ0) is 15.2. The van der Waals surface area contributed by atoms with Crippen LogP contribution in [-0.2, 0) is 6.54 Å². The highest BCUT2D eigenvalue weighted by molar-refractivity contribution is 5.76. The van der Waals surface area contributed by atoms with Crippen LogP contribution < -0.4 is 19.9 Å². The Morgan fingerprint density at radius 3 is 2.19 bits per heavy atom. The molecule has 0 bridgehead atoms. The average Bonchev–Trinajstić information content (AvgIpc) is 2.54. The molecule has 0 aliphatic rings. The second-order valence-electron chi connectivity index (χ2n) is 4.50. The van der Waals surface area contributed by atoms with Crippen LogP contribution in [0.5, 0.6) is 17.2 Å². The summed E-state index contributed by atoms with van der Waals surface area (Å²) in [5.41, 5.74) is 8.88. The van der Waals surface area contributed by atoms with Gasteiger partial charge in [0.15, 0.2) is 11.5 Å². The number of methoxy groups -OCH3 is 2. The first-order valence-corrected chi connectivity index (χ1v) is 6.92. The molecule has 2 N–H and O–H groups in total. The van der Waals surface area contributed by atoms with Crippen molar-refractivity contribution >= 4 is 0 Å². The Morgan fingerprint density at radius 2 is 1.57 bits per heavy atom. The van der Waals surface area contributed by atoms with Gasteiger partial charge in [0.05, 0.1) is 20.8 Å². The van der Waals surface area contributed by atoms with Crippen molar-refractivity contribution in [3.8, 4) is 28.4 Å². The lowest BCUT2D eigenvalue weighted by Gasteiger charge is -2.16. The number of hydrogen-bond donors (Lipinski definition) is 1. The van der Waals surface area contributed by atoms with Gasteiger partial charge in [0.2, 0.25) is 0 Å². The smallest absolute Gasteiger partial charge is 0.161 e. The number of benzene rings is 2. The van der Waals surface area contributed by atoms with Gasteiger partial charge in [-0.1, -0.05) is 18.2 Å². The normalized spacial score (nSPS) is 10.3. The van der Waals surface area contributed by atoms with Crippen LogP contribution in [0.15, 0.2) is 36.4 Å². The monoisotopic (exact) mass is 287 g/mol. The summed E-state index contributed by atoms with van der Waals surface area (Å²) in [6.45, 7) is 2.99. The van der Waals surface area contributed by atoms with Crippen LogP contribution >= 0.6 is 0 Å².